The summed E-state index contributed by atoms with van der Waals surface area (Å²) in [5, 5.41) is 9.65. The SMILES string of the molecule is COC(=O)c1cc(O)cc(Oc2cnc(C(=O)N3CCC3)cn2)c1. The van der Waals surface area contributed by atoms with Crippen molar-refractivity contribution in [1.82, 2.24) is 14.9 Å². The number of methoxy groups -OCH3 is 1. The third kappa shape index (κ3) is 3.27. The van der Waals surface area contributed by atoms with Gasteiger partial charge in [0.05, 0.1) is 25.1 Å². The van der Waals surface area contributed by atoms with Gasteiger partial charge in [-0.1, -0.05) is 0 Å². The van der Waals surface area contributed by atoms with Crippen LogP contribution in [0.25, 0.3) is 0 Å². The Kier molecular flexibility index (Phi) is 4.28. The molecule has 8 nitrogen and oxygen atoms in total. The van der Waals surface area contributed by atoms with Gasteiger partial charge in [0.15, 0.2) is 0 Å². The molecule has 0 unspecified atom stereocenters. The predicted octanol–water partition coefficient (Wildman–Crippen LogP) is 1.61. The van der Waals surface area contributed by atoms with Gasteiger partial charge in [0.2, 0.25) is 5.88 Å². The van der Waals surface area contributed by atoms with Crippen LogP contribution in [-0.2, 0) is 4.74 Å². The Labute approximate surface area is 137 Å². The number of carbonyl (C=O) groups excluding carboxylic acids is 2. The molecule has 1 aromatic carbocycles. The van der Waals surface area contributed by atoms with E-state index in [1.54, 1.807) is 4.90 Å². The van der Waals surface area contributed by atoms with Gasteiger partial charge in [-0.15, -0.1) is 0 Å². The van der Waals surface area contributed by atoms with Crippen molar-refractivity contribution in [3.63, 3.8) is 0 Å². The Morgan fingerprint density at radius 3 is 2.54 bits per heavy atom. The first-order valence-electron chi connectivity index (χ1n) is 7.28. The number of esters is 1. The van der Waals surface area contributed by atoms with Crippen molar-refractivity contribution < 1.29 is 24.2 Å². The smallest absolute Gasteiger partial charge is 0.338 e. The van der Waals surface area contributed by atoms with E-state index in [1.165, 1.54) is 37.7 Å². The zero-order valence-corrected chi connectivity index (χ0v) is 12.9. The number of phenols is 1. The molecule has 1 aliphatic heterocycles. The summed E-state index contributed by atoms with van der Waals surface area (Å²) in [6.45, 7) is 1.47. The summed E-state index contributed by atoms with van der Waals surface area (Å²) in [5.41, 5.74) is 0.387. The molecule has 1 N–H and O–H groups in total. The molecule has 2 aromatic rings. The van der Waals surface area contributed by atoms with Gasteiger partial charge in [-0.25, -0.2) is 14.8 Å². The van der Waals surface area contributed by atoms with Crippen LogP contribution in [-0.4, -0.2) is 52.1 Å². The maximum absolute atomic E-state index is 12.0. The van der Waals surface area contributed by atoms with Crippen LogP contribution in [0.5, 0.6) is 17.4 Å². The largest absolute Gasteiger partial charge is 0.508 e. The predicted molar refractivity (Wildman–Crippen MR) is 82.1 cm³/mol. The maximum Gasteiger partial charge on any atom is 0.338 e. The average molecular weight is 329 g/mol. The number of likely N-dealkylation sites (tertiary alicyclic amines) is 1. The van der Waals surface area contributed by atoms with Crippen molar-refractivity contribution >= 4 is 11.9 Å². The van der Waals surface area contributed by atoms with E-state index in [0.717, 1.165) is 19.5 Å². The van der Waals surface area contributed by atoms with Gasteiger partial charge in [-0.3, -0.25) is 4.79 Å². The summed E-state index contributed by atoms with van der Waals surface area (Å²) < 4.78 is 10.1. The van der Waals surface area contributed by atoms with Crippen molar-refractivity contribution in [1.29, 1.82) is 0 Å². The molecule has 124 valence electrons. The zero-order chi connectivity index (χ0) is 17.1. The minimum atomic E-state index is -0.600. The summed E-state index contributed by atoms with van der Waals surface area (Å²) in [5.74, 6) is -0.573. The number of nitrogens with zero attached hydrogens (tertiary/aromatic N) is 3. The van der Waals surface area contributed by atoms with Crippen molar-refractivity contribution in [2.45, 2.75) is 6.42 Å². The summed E-state index contributed by atoms with van der Waals surface area (Å²) in [4.78, 5) is 33.3. The Morgan fingerprint density at radius 1 is 1.17 bits per heavy atom. The molecule has 0 bridgehead atoms. The molecule has 2 heterocycles. The van der Waals surface area contributed by atoms with E-state index in [0.29, 0.717) is 0 Å². The number of aromatic nitrogens is 2. The molecular formula is C16H15N3O5. The minimum Gasteiger partial charge on any atom is -0.508 e. The van der Waals surface area contributed by atoms with Crippen molar-refractivity contribution in [2.24, 2.45) is 0 Å². The van der Waals surface area contributed by atoms with Crippen LogP contribution in [0, 0.1) is 0 Å². The molecule has 1 amide bonds. The van der Waals surface area contributed by atoms with E-state index in [-0.39, 0.29) is 34.5 Å². The zero-order valence-electron chi connectivity index (χ0n) is 12.9. The highest BCUT2D eigenvalue weighted by Gasteiger charge is 2.22. The number of rotatable bonds is 4. The molecule has 0 saturated carbocycles. The van der Waals surface area contributed by atoms with Gasteiger partial charge in [0.1, 0.15) is 17.2 Å². The number of phenolic OH excluding ortho intramolecular Hbond substituents is 1. The number of hydrogen-bond donors (Lipinski definition) is 1. The second-order valence-corrected chi connectivity index (χ2v) is 5.19. The maximum atomic E-state index is 12.0. The molecule has 1 aromatic heterocycles. The number of aromatic hydroxyl groups is 1. The highest BCUT2D eigenvalue weighted by molar-refractivity contribution is 5.92. The topological polar surface area (TPSA) is 102 Å². The lowest BCUT2D eigenvalue weighted by molar-refractivity contribution is 0.0598. The van der Waals surface area contributed by atoms with Crippen LogP contribution in [0.1, 0.15) is 27.3 Å². The molecule has 1 aliphatic rings. The summed E-state index contributed by atoms with van der Waals surface area (Å²) >= 11 is 0. The Balaban J connectivity index is 1.75. The fourth-order valence-electron chi connectivity index (χ4n) is 2.16. The highest BCUT2D eigenvalue weighted by atomic mass is 16.5. The van der Waals surface area contributed by atoms with Gasteiger partial charge in [0.25, 0.3) is 5.91 Å². The van der Waals surface area contributed by atoms with Gasteiger partial charge < -0.3 is 19.5 Å². The molecule has 1 saturated heterocycles. The summed E-state index contributed by atoms with van der Waals surface area (Å²) in [6.07, 6.45) is 3.65. The molecular weight excluding hydrogens is 314 g/mol. The molecule has 0 atom stereocenters. The van der Waals surface area contributed by atoms with Crippen molar-refractivity contribution in [2.75, 3.05) is 20.2 Å². The van der Waals surface area contributed by atoms with Gasteiger partial charge >= 0.3 is 5.97 Å². The number of benzene rings is 1. The van der Waals surface area contributed by atoms with Crippen LogP contribution < -0.4 is 4.74 Å². The van der Waals surface area contributed by atoms with Crippen LogP contribution in [0.2, 0.25) is 0 Å². The molecule has 3 rings (SSSR count). The van der Waals surface area contributed by atoms with Crippen LogP contribution in [0.4, 0.5) is 0 Å². The van der Waals surface area contributed by atoms with Crippen LogP contribution in [0.15, 0.2) is 30.6 Å². The lowest BCUT2D eigenvalue weighted by atomic mass is 10.2. The van der Waals surface area contributed by atoms with E-state index >= 15 is 0 Å². The minimum absolute atomic E-state index is 0.136. The molecule has 0 radical (unpaired) electrons. The second-order valence-electron chi connectivity index (χ2n) is 5.19. The first kappa shape index (κ1) is 15.7. The normalized spacial score (nSPS) is 13.1. The van der Waals surface area contributed by atoms with E-state index < -0.39 is 5.97 Å². The number of amides is 1. The lowest BCUT2D eigenvalue weighted by Gasteiger charge is -2.30. The average Bonchev–Trinajstić information content (AvgIpc) is 2.52. The molecule has 1 fully saturated rings. The van der Waals surface area contributed by atoms with Crippen molar-refractivity contribution in [3.05, 3.63) is 41.9 Å². The fourth-order valence-corrected chi connectivity index (χ4v) is 2.16. The lowest BCUT2D eigenvalue weighted by Crippen LogP contribution is -2.42. The fraction of sp³-hybridized carbons (Fsp3) is 0.250. The number of ether oxygens (including phenoxy) is 2. The van der Waals surface area contributed by atoms with E-state index in [1.807, 2.05) is 0 Å². The monoisotopic (exact) mass is 329 g/mol. The van der Waals surface area contributed by atoms with Crippen molar-refractivity contribution in [3.8, 4) is 17.4 Å². The third-order valence-corrected chi connectivity index (χ3v) is 3.53. The Morgan fingerprint density at radius 2 is 1.96 bits per heavy atom. The quantitative estimate of drug-likeness (QED) is 0.850. The standard InChI is InChI=1S/C16H15N3O5/c1-23-16(22)10-5-11(20)7-12(6-10)24-14-9-17-13(8-18-14)15(21)19-3-2-4-19/h5-9,20H,2-4H2,1H3. The number of carbonyl (C=O) groups is 2. The molecule has 0 spiro atoms. The second kappa shape index (κ2) is 6.53. The number of hydrogen-bond acceptors (Lipinski definition) is 7. The van der Waals surface area contributed by atoms with Crippen LogP contribution in [0.3, 0.4) is 0 Å². The van der Waals surface area contributed by atoms with Gasteiger partial charge in [0, 0.05) is 19.2 Å². The molecule has 0 aliphatic carbocycles. The molecule has 8 heteroatoms. The van der Waals surface area contributed by atoms with E-state index in [4.69, 9.17) is 4.74 Å². The first-order chi connectivity index (χ1) is 11.6. The van der Waals surface area contributed by atoms with Crippen LogP contribution >= 0.6 is 0 Å². The van der Waals surface area contributed by atoms with Gasteiger partial charge in [-0.05, 0) is 18.6 Å². The Hall–Kier alpha value is -3.16. The van der Waals surface area contributed by atoms with Gasteiger partial charge in [-0.2, -0.15) is 0 Å². The van der Waals surface area contributed by atoms with E-state index in [2.05, 4.69) is 14.7 Å². The molecule has 24 heavy (non-hydrogen) atoms. The highest BCUT2D eigenvalue weighted by Crippen LogP contribution is 2.26. The Bertz CT molecular complexity index is 772. The summed E-state index contributed by atoms with van der Waals surface area (Å²) in [6, 6.07) is 4.00. The van der Waals surface area contributed by atoms with E-state index in [9.17, 15) is 14.7 Å². The summed E-state index contributed by atoms with van der Waals surface area (Å²) in [7, 11) is 1.24. The third-order valence-electron chi connectivity index (χ3n) is 3.53. The first-order valence-corrected chi connectivity index (χ1v) is 7.28.